The third-order valence-electron chi connectivity index (χ3n) is 5.09. The molecule has 0 bridgehead atoms. The lowest BCUT2D eigenvalue weighted by Gasteiger charge is -2.29. The highest BCUT2D eigenvalue weighted by Crippen LogP contribution is 2.32. The maximum atomic E-state index is 12.8. The van der Waals surface area contributed by atoms with Crippen LogP contribution in [0.4, 0.5) is 4.79 Å². The van der Waals surface area contributed by atoms with Crippen molar-refractivity contribution in [1.29, 1.82) is 0 Å². The van der Waals surface area contributed by atoms with E-state index in [1.165, 1.54) is 12.5 Å². The average Bonchev–Trinajstić information content (AvgIpc) is 3.01. The minimum atomic E-state index is -0.482. The molecule has 8 heteroatoms. The number of imide groups is 1. The van der Waals surface area contributed by atoms with E-state index in [4.69, 9.17) is 4.74 Å². The van der Waals surface area contributed by atoms with Crippen LogP contribution in [-0.2, 0) is 27.3 Å². The minimum Gasteiger partial charge on any atom is -0.427 e. The molecule has 0 atom stereocenters. The van der Waals surface area contributed by atoms with Crippen molar-refractivity contribution in [2.45, 2.75) is 19.9 Å². The van der Waals surface area contributed by atoms with E-state index in [9.17, 15) is 19.2 Å². The van der Waals surface area contributed by atoms with Crippen molar-refractivity contribution in [2.75, 3.05) is 13.1 Å². The number of esters is 1. The van der Waals surface area contributed by atoms with Crippen molar-refractivity contribution in [1.82, 2.24) is 9.80 Å². The van der Waals surface area contributed by atoms with Crippen LogP contribution in [-0.4, -0.2) is 45.9 Å². The van der Waals surface area contributed by atoms with Gasteiger partial charge in [0.2, 0.25) is 5.91 Å². The first-order valence-electron chi connectivity index (χ1n) is 9.79. The summed E-state index contributed by atoms with van der Waals surface area (Å²) in [6.07, 6.45) is 2.34. The summed E-state index contributed by atoms with van der Waals surface area (Å²) in [6, 6.07) is 14.5. The van der Waals surface area contributed by atoms with E-state index in [2.05, 4.69) is 6.07 Å². The number of rotatable bonds is 4. The molecule has 2 aromatic rings. The lowest BCUT2D eigenvalue weighted by atomic mass is 10.00. The number of thioether (sulfide) groups is 1. The normalized spacial score (nSPS) is 17.1. The quantitative estimate of drug-likeness (QED) is 0.416. The summed E-state index contributed by atoms with van der Waals surface area (Å²) < 4.78 is 4.98. The van der Waals surface area contributed by atoms with E-state index in [0.717, 1.165) is 28.6 Å². The van der Waals surface area contributed by atoms with Gasteiger partial charge in [-0.2, -0.15) is 0 Å². The van der Waals surface area contributed by atoms with Gasteiger partial charge in [0.15, 0.2) is 0 Å². The average molecular weight is 436 g/mol. The summed E-state index contributed by atoms with van der Waals surface area (Å²) in [7, 11) is 0. The highest BCUT2D eigenvalue weighted by molar-refractivity contribution is 8.18. The highest BCUT2D eigenvalue weighted by atomic mass is 32.2. The predicted octanol–water partition coefficient (Wildman–Crippen LogP) is 3.23. The van der Waals surface area contributed by atoms with E-state index < -0.39 is 17.1 Å². The fraction of sp³-hybridized carbons (Fsp3) is 0.217. The smallest absolute Gasteiger partial charge is 0.308 e. The van der Waals surface area contributed by atoms with Crippen LogP contribution in [0.2, 0.25) is 0 Å². The molecule has 0 aliphatic carbocycles. The highest BCUT2D eigenvalue weighted by Gasteiger charge is 2.37. The number of amides is 3. The molecular formula is C23H20N2O5S. The molecule has 2 heterocycles. The SMILES string of the molecule is CC(=O)Oc1ccc(/C=C2/SC(=O)N(CC(=O)N3CCc4ccccc4C3)C2=O)cc1. The number of fused-ring (bicyclic) bond motifs is 1. The molecule has 0 spiro atoms. The Labute approximate surface area is 183 Å². The number of ether oxygens (including phenoxy) is 1. The second-order valence-corrected chi connectivity index (χ2v) is 8.26. The maximum absolute atomic E-state index is 12.8. The van der Waals surface area contributed by atoms with Gasteiger partial charge >= 0.3 is 5.97 Å². The van der Waals surface area contributed by atoms with Gasteiger partial charge in [-0.3, -0.25) is 24.1 Å². The van der Waals surface area contributed by atoms with Crippen molar-refractivity contribution in [3.8, 4) is 5.75 Å². The Bertz CT molecular complexity index is 1090. The van der Waals surface area contributed by atoms with Crippen LogP contribution < -0.4 is 4.74 Å². The minimum absolute atomic E-state index is 0.246. The maximum Gasteiger partial charge on any atom is 0.308 e. The van der Waals surface area contributed by atoms with Crippen LogP contribution in [0.3, 0.4) is 0 Å². The van der Waals surface area contributed by atoms with Crippen molar-refractivity contribution in [3.05, 3.63) is 70.1 Å². The Morgan fingerprint density at radius 2 is 1.77 bits per heavy atom. The van der Waals surface area contributed by atoms with Crippen molar-refractivity contribution < 1.29 is 23.9 Å². The first-order chi connectivity index (χ1) is 14.9. The summed E-state index contributed by atoms with van der Waals surface area (Å²) >= 11 is 0.811. The van der Waals surface area contributed by atoms with Crippen LogP contribution >= 0.6 is 11.8 Å². The number of carbonyl (C=O) groups excluding carboxylic acids is 4. The fourth-order valence-electron chi connectivity index (χ4n) is 3.53. The lowest BCUT2D eigenvalue weighted by Crippen LogP contribution is -2.44. The Kier molecular flexibility index (Phi) is 5.90. The second kappa shape index (κ2) is 8.77. The molecular weight excluding hydrogens is 416 g/mol. The molecule has 31 heavy (non-hydrogen) atoms. The van der Waals surface area contributed by atoms with E-state index in [-0.39, 0.29) is 17.4 Å². The standard InChI is InChI=1S/C23H20N2O5S/c1-15(26)30-19-8-6-16(7-9-19)12-20-22(28)25(23(29)31-20)14-21(27)24-11-10-17-4-2-3-5-18(17)13-24/h2-9,12H,10-11,13-14H2,1H3/b20-12+. The molecule has 0 N–H and O–H groups in total. The number of benzene rings is 2. The molecule has 2 aliphatic rings. The Morgan fingerprint density at radius 3 is 2.48 bits per heavy atom. The number of hydrogen-bond acceptors (Lipinski definition) is 6. The monoisotopic (exact) mass is 436 g/mol. The predicted molar refractivity (Wildman–Crippen MR) is 116 cm³/mol. The summed E-state index contributed by atoms with van der Waals surface area (Å²) in [5, 5.41) is -0.460. The topological polar surface area (TPSA) is 84.0 Å². The van der Waals surface area contributed by atoms with E-state index in [1.54, 1.807) is 35.2 Å². The zero-order valence-electron chi connectivity index (χ0n) is 16.9. The Balaban J connectivity index is 1.42. The summed E-state index contributed by atoms with van der Waals surface area (Å²) in [5.41, 5.74) is 2.99. The van der Waals surface area contributed by atoms with Gasteiger partial charge in [-0.15, -0.1) is 0 Å². The molecule has 7 nitrogen and oxygen atoms in total. The van der Waals surface area contributed by atoms with Crippen LogP contribution in [0.5, 0.6) is 5.75 Å². The summed E-state index contributed by atoms with van der Waals surface area (Å²) in [6.45, 7) is 2.09. The summed E-state index contributed by atoms with van der Waals surface area (Å²) in [4.78, 5) is 51.8. The molecule has 158 valence electrons. The molecule has 0 saturated carbocycles. The second-order valence-electron chi connectivity index (χ2n) is 7.26. The van der Waals surface area contributed by atoms with Gasteiger partial charge in [0.05, 0.1) is 4.91 Å². The van der Waals surface area contributed by atoms with E-state index in [1.807, 2.05) is 18.2 Å². The van der Waals surface area contributed by atoms with Gasteiger partial charge in [-0.05, 0) is 53.1 Å². The Hall–Kier alpha value is -3.39. The number of hydrogen-bond donors (Lipinski definition) is 0. The zero-order valence-corrected chi connectivity index (χ0v) is 17.7. The first-order valence-corrected chi connectivity index (χ1v) is 10.6. The van der Waals surface area contributed by atoms with Gasteiger partial charge < -0.3 is 9.64 Å². The van der Waals surface area contributed by atoms with Gasteiger partial charge in [0, 0.05) is 20.0 Å². The van der Waals surface area contributed by atoms with Crippen LogP contribution in [0.25, 0.3) is 6.08 Å². The van der Waals surface area contributed by atoms with E-state index >= 15 is 0 Å². The molecule has 0 unspecified atom stereocenters. The number of nitrogens with zero attached hydrogens (tertiary/aromatic N) is 2. The number of carbonyl (C=O) groups is 4. The lowest BCUT2D eigenvalue weighted by molar-refractivity contribution is -0.136. The van der Waals surface area contributed by atoms with E-state index in [0.29, 0.717) is 24.4 Å². The first kappa shape index (κ1) is 20.9. The third-order valence-corrected chi connectivity index (χ3v) is 6.00. The molecule has 4 rings (SSSR count). The molecule has 2 aliphatic heterocycles. The molecule has 1 saturated heterocycles. The van der Waals surface area contributed by atoms with Gasteiger partial charge in [0.25, 0.3) is 11.1 Å². The molecule has 2 aromatic carbocycles. The fourth-order valence-corrected chi connectivity index (χ4v) is 4.37. The van der Waals surface area contributed by atoms with Crippen molar-refractivity contribution in [3.63, 3.8) is 0 Å². The van der Waals surface area contributed by atoms with Gasteiger partial charge in [0.1, 0.15) is 12.3 Å². The molecule has 0 aromatic heterocycles. The van der Waals surface area contributed by atoms with Crippen LogP contribution in [0.1, 0.15) is 23.6 Å². The Morgan fingerprint density at radius 1 is 1.06 bits per heavy atom. The van der Waals surface area contributed by atoms with Gasteiger partial charge in [-0.1, -0.05) is 36.4 Å². The molecule has 1 fully saturated rings. The van der Waals surface area contributed by atoms with Gasteiger partial charge in [-0.25, -0.2) is 0 Å². The van der Waals surface area contributed by atoms with Crippen LogP contribution in [0, 0.1) is 0 Å². The molecule has 0 radical (unpaired) electrons. The van der Waals surface area contributed by atoms with Crippen LogP contribution in [0.15, 0.2) is 53.4 Å². The van der Waals surface area contributed by atoms with Crippen molar-refractivity contribution in [2.24, 2.45) is 0 Å². The van der Waals surface area contributed by atoms with Crippen molar-refractivity contribution >= 4 is 40.9 Å². The third kappa shape index (κ3) is 4.69. The largest absolute Gasteiger partial charge is 0.427 e. The summed E-state index contributed by atoms with van der Waals surface area (Å²) in [5.74, 6) is -0.754. The zero-order chi connectivity index (χ0) is 22.0. The molecule has 3 amide bonds.